The molecule has 0 spiro atoms. The summed E-state index contributed by atoms with van der Waals surface area (Å²) in [6, 6.07) is 0. The summed E-state index contributed by atoms with van der Waals surface area (Å²) in [5, 5.41) is 0. The third-order valence-electron chi connectivity index (χ3n) is 11.3. The summed E-state index contributed by atoms with van der Waals surface area (Å²) in [6.07, 6.45) is 62.0. The van der Waals surface area contributed by atoms with Gasteiger partial charge in [-0.2, -0.15) is 0 Å². The Bertz CT molecular complexity index is 1130. The van der Waals surface area contributed by atoms with E-state index in [1.807, 2.05) is 0 Å². The van der Waals surface area contributed by atoms with Gasteiger partial charge >= 0.3 is 17.9 Å². The van der Waals surface area contributed by atoms with Gasteiger partial charge in [-0.1, -0.05) is 236 Å². The van der Waals surface area contributed by atoms with Crippen molar-refractivity contribution >= 4 is 17.9 Å². The summed E-state index contributed by atoms with van der Waals surface area (Å²) in [6.45, 7) is 6.40. The number of hydrogen-bond donors (Lipinski definition) is 0. The molecular formula is C56H98O6. The van der Waals surface area contributed by atoms with Gasteiger partial charge < -0.3 is 14.2 Å². The van der Waals surface area contributed by atoms with E-state index in [1.165, 1.54) is 128 Å². The lowest BCUT2D eigenvalue weighted by Gasteiger charge is -2.18. The van der Waals surface area contributed by atoms with Crippen LogP contribution < -0.4 is 0 Å². The number of hydrogen-bond acceptors (Lipinski definition) is 6. The molecule has 0 amide bonds. The first-order valence-electron chi connectivity index (χ1n) is 26.3. The molecule has 0 aromatic rings. The van der Waals surface area contributed by atoms with Gasteiger partial charge in [0.15, 0.2) is 6.10 Å². The molecule has 0 fully saturated rings. The highest BCUT2D eigenvalue weighted by Crippen LogP contribution is 2.16. The molecule has 0 radical (unpaired) electrons. The molecule has 0 saturated heterocycles. The molecule has 0 aliphatic rings. The third kappa shape index (κ3) is 48.1. The number of carbonyl (C=O) groups excluding carboxylic acids is 3. The Morgan fingerprint density at radius 1 is 0.355 bits per heavy atom. The maximum absolute atomic E-state index is 12.8. The van der Waals surface area contributed by atoms with Gasteiger partial charge in [0, 0.05) is 19.3 Å². The zero-order valence-electron chi connectivity index (χ0n) is 40.9. The number of rotatable bonds is 47. The van der Waals surface area contributed by atoms with E-state index in [-0.39, 0.29) is 31.1 Å². The van der Waals surface area contributed by atoms with Crippen LogP contribution in [0.2, 0.25) is 0 Å². The largest absolute Gasteiger partial charge is 0.462 e. The lowest BCUT2D eigenvalue weighted by atomic mass is 10.0. The van der Waals surface area contributed by atoms with Crippen molar-refractivity contribution in [1.82, 2.24) is 0 Å². The smallest absolute Gasteiger partial charge is 0.306 e. The summed E-state index contributed by atoms with van der Waals surface area (Å²) in [4.78, 5) is 38.0. The molecule has 0 N–H and O–H groups in total. The number of esters is 3. The molecule has 0 saturated carbocycles. The Balaban J connectivity index is 4.39. The van der Waals surface area contributed by atoms with Crippen LogP contribution in [0.25, 0.3) is 0 Å². The lowest BCUT2D eigenvalue weighted by molar-refractivity contribution is -0.167. The molecule has 0 aromatic heterocycles. The Hall–Kier alpha value is -2.89. The number of carbonyl (C=O) groups is 3. The molecule has 6 heteroatoms. The van der Waals surface area contributed by atoms with Gasteiger partial charge in [-0.25, -0.2) is 0 Å². The molecule has 0 aliphatic heterocycles. The Morgan fingerprint density at radius 2 is 0.710 bits per heavy atom. The third-order valence-corrected chi connectivity index (χ3v) is 11.3. The minimum Gasteiger partial charge on any atom is -0.462 e. The van der Waals surface area contributed by atoms with E-state index < -0.39 is 6.10 Å². The van der Waals surface area contributed by atoms with Crippen LogP contribution in [-0.2, 0) is 28.6 Å². The highest BCUT2D eigenvalue weighted by Gasteiger charge is 2.19. The first kappa shape index (κ1) is 59.1. The van der Waals surface area contributed by atoms with Crippen molar-refractivity contribution in [3.63, 3.8) is 0 Å². The van der Waals surface area contributed by atoms with Crippen molar-refractivity contribution in [3.05, 3.63) is 60.8 Å². The van der Waals surface area contributed by atoms with E-state index in [0.717, 1.165) is 89.9 Å². The van der Waals surface area contributed by atoms with Crippen LogP contribution >= 0.6 is 0 Å². The van der Waals surface area contributed by atoms with Gasteiger partial charge in [-0.05, 0) is 64.2 Å². The van der Waals surface area contributed by atoms with Gasteiger partial charge in [0.2, 0.25) is 0 Å². The lowest BCUT2D eigenvalue weighted by Crippen LogP contribution is -2.30. The zero-order chi connectivity index (χ0) is 45.1. The van der Waals surface area contributed by atoms with Crippen molar-refractivity contribution < 1.29 is 28.6 Å². The van der Waals surface area contributed by atoms with Crippen molar-refractivity contribution in [2.75, 3.05) is 13.2 Å². The monoisotopic (exact) mass is 867 g/mol. The van der Waals surface area contributed by atoms with Gasteiger partial charge in [0.1, 0.15) is 13.2 Å². The van der Waals surface area contributed by atoms with Crippen molar-refractivity contribution in [2.45, 2.75) is 264 Å². The second-order valence-electron chi connectivity index (χ2n) is 17.4. The van der Waals surface area contributed by atoms with Gasteiger partial charge in [0.05, 0.1) is 0 Å². The molecule has 0 aliphatic carbocycles. The minimum absolute atomic E-state index is 0.0805. The summed E-state index contributed by atoms with van der Waals surface area (Å²) in [7, 11) is 0. The quantitative estimate of drug-likeness (QED) is 0.0199. The van der Waals surface area contributed by atoms with Crippen LogP contribution in [0.5, 0.6) is 0 Å². The molecule has 1 unspecified atom stereocenters. The fourth-order valence-corrected chi connectivity index (χ4v) is 7.42. The van der Waals surface area contributed by atoms with E-state index >= 15 is 0 Å². The topological polar surface area (TPSA) is 78.9 Å². The average Bonchev–Trinajstić information content (AvgIpc) is 3.27. The van der Waals surface area contributed by atoms with Gasteiger partial charge in [-0.3, -0.25) is 14.4 Å². The normalized spacial score (nSPS) is 12.5. The fraction of sp³-hybridized carbons (Fsp3) is 0.768. The SMILES string of the molecule is CC\C=C/C=C\C=C/CCCCCCCCCC(=O)OCC(COC(=O)CCCCCCCCC/C=C\C/C=C\CC)OC(=O)CCCCCCCCCCCCCCCCC. The predicted octanol–water partition coefficient (Wildman–Crippen LogP) is 17.3. The summed E-state index contributed by atoms with van der Waals surface area (Å²) < 4.78 is 16.8. The van der Waals surface area contributed by atoms with Gasteiger partial charge in [0.25, 0.3) is 0 Å². The van der Waals surface area contributed by atoms with Crippen LogP contribution in [0, 0.1) is 0 Å². The first-order chi connectivity index (χ1) is 30.5. The summed E-state index contributed by atoms with van der Waals surface area (Å²) in [5.41, 5.74) is 0. The molecule has 62 heavy (non-hydrogen) atoms. The number of unbranched alkanes of at least 4 members (excludes halogenated alkanes) is 28. The minimum atomic E-state index is -0.779. The summed E-state index contributed by atoms with van der Waals surface area (Å²) >= 11 is 0. The molecule has 358 valence electrons. The van der Waals surface area contributed by atoms with Crippen LogP contribution in [0.15, 0.2) is 60.8 Å². The Morgan fingerprint density at radius 3 is 1.15 bits per heavy atom. The van der Waals surface area contributed by atoms with Crippen molar-refractivity contribution in [1.29, 1.82) is 0 Å². The molecule has 6 nitrogen and oxygen atoms in total. The maximum atomic E-state index is 12.8. The highest BCUT2D eigenvalue weighted by molar-refractivity contribution is 5.71. The zero-order valence-corrected chi connectivity index (χ0v) is 40.9. The first-order valence-corrected chi connectivity index (χ1v) is 26.3. The maximum Gasteiger partial charge on any atom is 0.306 e. The average molecular weight is 867 g/mol. The van der Waals surface area contributed by atoms with Crippen molar-refractivity contribution in [2.24, 2.45) is 0 Å². The second-order valence-corrected chi connectivity index (χ2v) is 17.4. The molecule has 0 bridgehead atoms. The molecule has 0 heterocycles. The van der Waals surface area contributed by atoms with Crippen LogP contribution in [-0.4, -0.2) is 37.2 Å². The number of allylic oxidation sites excluding steroid dienone is 10. The molecule has 0 rings (SSSR count). The highest BCUT2D eigenvalue weighted by atomic mass is 16.6. The second kappa shape index (κ2) is 50.8. The van der Waals surface area contributed by atoms with Crippen LogP contribution in [0.4, 0.5) is 0 Å². The number of ether oxygens (including phenoxy) is 3. The van der Waals surface area contributed by atoms with E-state index in [9.17, 15) is 14.4 Å². The summed E-state index contributed by atoms with van der Waals surface area (Å²) in [5.74, 6) is -0.892. The van der Waals surface area contributed by atoms with E-state index in [1.54, 1.807) is 0 Å². The van der Waals surface area contributed by atoms with Crippen molar-refractivity contribution in [3.8, 4) is 0 Å². The van der Waals surface area contributed by atoms with E-state index in [2.05, 4.69) is 81.5 Å². The van der Waals surface area contributed by atoms with E-state index in [0.29, 0.717) is 19.3 Å². The molecule has 0 aromatic carbocycles. The van der Waals surface area contributed by atoms with Gasteiger partial charge in [-0.15, -0.1) is 0 Å². The molecular weight excluding hydrogens is 769 g/mol. The van der Waals surface area contributed by atoms with Crippen LogP contribution in [0.3, 0.4) is 0 Å². The fourth-order valence-electron chi connectivity index (χ4n) is 7.42. The Kier molecular flexibility index (Phi) is 48.4. The van der Waals surface area contributed by atoms with E-state index in [4.69, 9.17) is 14.2 Å². The standard InChI is InChI=1S/C56H98O6/c1-4-7-10-13-16-19-22-25-28-31-34-37-40-43-46-49-55(58)61-52-53(51-60-54(57)48-45-42-39-36-33-30-27-24-21-18-15-12-9-6-3)62-56(59)50-47-44-41-38-35-32-29-26-23-20-17-14-11-8-5-2/h7,9-10,12-13,16,18-19,21-22,53H,4-6,8,11,14-15,17,20,23-52H2,1-3H3/b10-7-,12-9-,16-13-,21-18-,22-19-. The predicted molar refractivity (Wildman–Crippen MR) is 265 cm³/mol. The molecule has 1 atom stereocenters. The van der Waals surface area contributed by atoms with Crippen LogP contribution in [0.1, 0.15) is 258 Å². The Labute approximate surface area is 383 Å².